The van der Waals surface area contributed by atoms with Crippen LogP contribution in [0.5, 0.6) is 0 Å². The van der Waals surface area contributed by atoms with E-state index < -0.39 is 17.7 Å². The summed E-state index contributed by atoms with van der Waals surface area (Å²) in [6.07, 6.45) is -0.0500. The Morgan fingerprint density at radius 1 is 1.07 bits per heavy atom. The average Bonchev–Trinajstić information content (AvgIpc) is 3.62. The summed E-state index contributed by atoms with van der Waals surface area (Å²) in [5, 5.41) is 11.8. The number of carboxylic acid groups (broad SMARTS) is 1. The number of imidazole rings is 1. The van der Waals surface area contributed by atoms with Gasteiger partial charge in [0.1, 0.15) is 10.8 Å². The Kier molecular flexibility index (Phi) is 7.38. The summed E-state index contributed by atoms with van der Waals surface area (Å²) in [5.74, 6) is -0.00503. The zero-order valence-electron chi connectivity index (χ0n) is 24.7. The molecule has 9 heteroatoms. The fourth-order valence-corrected chi connectivity index (χ4v) is 7.34. The molecule has 0 amide bonds. The highest BCUT2D eigenvalue weighted by Crippen LogP contribution is 2.44. The first-order valence-corrected chi connectivity index (χ1v) is 15.4. The molecule has 0 aliphatic carbocycles. The number of carbonyl (C=O) groups is 1. The van der Waals surface area contributed by atoms with E-state index in [0.29, 0.717) is 16.6 Å². The van der Waals surface area contributed by atoms with Gasteiger partial charge in [-0.3, -0.25) is 0 Å². The molecule has 218 valence electrons. The van der Waals surface area contributed by atoms with Gasteiger partial charge in [-0.05, 0) is 102 Å². The molecule has 1 aliphatic rings. The lowest BCUT2D eigenvalue weighted by Crippen LogP contribution is -2.28. The van der Waals surface area contributed by atoms with Crippen LogP contribution < -0.4 is 0 Å². The molecule has 1 fully saturated rings. The number of aromatic nitrogens is 3. The standard InChI is InChI=1S/C33H35ClN4O3S/c1-18-15-25-30(28(20-7-10-22(34)11-8-20)27(18)29(32(39)40)41-33(3,4)5)42-31(36-25)21-9-12-24-26(16-21)38(19(2)35-24)23-13-14-37(6)17-23/h7-12,15-16,23,29H,13-14,17H2,1-6H3,(H,39,40)/t23-,29+/m1/s1. The molecule has 0 bridgehead atoms. The number of carboxylic acids is 1. The van der Waals surface area contributed by atoms with E-state index >= 15 is 0 Å². The Balaban J connectivity index is 1.55. The zero-order chi connectivity index (χ0) is 29.9. The number of ether oxygens (including phenoxy) is 1. The van der Waals surface area contributed by atoms with Gasteiger partial charge in [-0.15, -0.1) is 11.3 Å². The molecule has 1 aliphatic heterocycles. The molecule has 3 aromatic carbocycles. The van der Waals surface area contributed by atoms with Crippen molar-refractivity contribution in [3.05, 3.63) is 70.5 Å². The predicted octanol–water partition coefficient (Wildman–Crippen LogP) is 8.07. The van der Waals surface area contributed by atoms with E-state index in [9.17, 15) is 9.90 Å². The second-order valence-electron chi connectivity index (χ2n) is 12.2. The first-order chi connectivity index (χ1) is 19.9. The number of likely N-dealkylation sites (N-methyl/N-ethyl adjacent to an activating group) is 1. The number of aliphatic carboxylic acids is 1. The van der Waals surface area contributed by atoms with Crippen molar-refractivity contribution >= 4 is 50.2 Å². The van der Waals surface area contributed by atoms with Gasteiger partial charge in [0.05, 0.1) is 26.9 Å². The first-order valence-electron chi connectivity index (χ1n) is 14.2. The van der Waals surface area contributed by atoms with Crippen LogP contribution in [-0.2, 0) is 9.53 Å². The van der Waals surface area contributed by atoms with Crippen molar-refractivity contribution in [2.45, 2.75) is 58.8 Å². The smallest absolute Gasteiger partial charge is 0.337 e. The van der Waals surface area contributed by atoms with Crippen LogP contribution in [0.1, 0.15) is 56.3 Å². The number of likely N-dealkylation sites (tertiary alicyclic amines) is 1. The highest BCUT2D eigenvalue weighted by Gasteiger charge is 2.32. The summed E-state index contributed by atoms with van der Waals surface area (Å²) in [4.78, 5) is 25.0. The maximum Gasteiger partial charge on any atom is 0.337 e. The molecule has 0 unspecified atom stereocenters. The van der Waals surface area contributed by atoms with E-state index in [2.05, 4.69) is 41.6 Å². The first kappa shape index (κ1) is 28.8. The minimum Gasteiger partial charge on any atom is -0.479 e. The maximum atomic E-state index is 12.6. The molecule has 0 radical (unpaired) electrons. The third kappa shape index (κ3) is 5.33. The number of rotatable bonds is 6. The van der Waals surface area contributed by atoms with Crippen LogP contribution in [-0.4, -0.2) is 56.2 Å². The van der Waals surface area contributed by atoms with Crippen LogP contribution in [0.15, 0.2) is 48.5 Å². The van der Waals surface area contributed by atoms with Gasteiger partial charge in [0, 0.05) is 34.3 Å². The number of hydrogen-bond acceptors (Lipinski definition) is 6. The highest BCUT2D eigenvalue weighted by molar-refractivity contribution is 7.22. The van der Waals surface area contributed by atoms with Gasteiger partial charge in [0.25, 0.3) is 0 Å². The number of hydrogen-bond donors (Lipinski definition) is 1. The van der Waals surface area contributed by atoms with Gasteiger partial charge in [0.15, 0.2) is 6.10 Å². The predicted molar refractivity (Wildman–Crippen MR) is 171 cm³/mol. The third-order valence-corrected chi connectivity index (χ3v) is 9.25. The van der Waals surface area contributed by atoms with Crippen LogP contribution in [0.2, 0.25) is 5.02 Å². The Bertz CT molecular complexity index is 1820. The lowest BCUT2D eigenvalue weighted by Gasteiger charge is -2.28. The second kappa shape index (κ2) is 10.8. The van der Waals surface area contributed by atoms with Gasteiger partial charge in [-0.2, -0.15) is 0 Å². The molecule has 7 nitrogen and oxygen atoms in total. The minimum absolute atomic E-state index is 0.392. The van der Waals surface area contributed by atoms with E-state index in [1.54, 1.807) is 11.3 Å². The van der Waals surface area contributed by atoms with Crippen LogP contribution >= 0.6 is 22.9 Å². The molecule has 0 spiro atoms. The van der Waals surface area contributed by atoms with Gasteiger partial charge in [-0.25, -0.2) is 14.8 Å². The van der Waals surface area contributed by atoms with E-state index in [1.165, 1.54) is 0 Å². The minimum atomic E-state index is -1.15. The third-order valence-electron chi connectivity index (χ3n) is 7.86. The number of nitrogens with zero attached hydrogens (tertiary/aromatic N) is 4. The summed E-state index contributed by atoms with van der Waals surface area (Å²) in [6, 6.07) is 16.2. The monoisotopic (exact) mass is 602 g/mol. The summed E-state index contributed by atoms with van der Waals surface area (Å²) < 4.78 is 9.45. The molecular weight excluding hydrogens is 568 g/mol. The van der Waals surface area contributed by atoms with Crippen molar-refractivity contribution in [3.8, 4) is 21.7 Å². The van der Waals surface area contributed by atoms with E-state index in [1.807, 2.05) is 58.0 Å². The topological polar surface area (TPSA) is 80.5 Å². The zero-order valence-corrected chi connectivity index (χ0v) is 26.3. The number of benzene rings is 3. The molecule has 3 heterocycles. The normalized spacial score (nSPS) is 17.0. The molecule has 2 aromatic heterocycles. The van der Waals surface area contributed by atoms with E-state index in [4.69, 9.17) is 26.3 Å². The average molecular weight is 603 g/mol. The quantitative estimate of drug-likeness (QED) is 0.212. The second-order valence-corrected chi connectivity index (χ2v) is 13.7. The van der Waals surface area contributed by atoms with Crippen LogP contribution in [0.4, 0.5) is 0 Å². The van der Waals surface area contributed by atoms with Gasteiger partial charge in [-0.1, -0.05) is 23.7 Å². The number of aryl methyl sites for hydroxylation is 2. The molecule has 1 N–H and O–H groups in total. The maximum absolute atomic E-state index is 12.6. The molecule has 6 rings (SSSR count). The largest absolute Gasteiger partial charge is 0.479 e. The molecule has 0 saturated carbocycles. The Labute approximate surface area is 254 Å². The number of fused-ring (bicyclic) bond motifs is 2. The van der Waals surface area contributed by atoms with Crippen molar-refractivity contribution in [2.75, 3.05) is 20.1 Å². The summed E-state index contributed by atoms with van der Waals surface area (Å²) in [5.41, 5.74) is 6.41. The molecule has 5 aromatic rings. The highest BCUT2D eigenvalue weighted by atomic mass is 35.5. The Hall–Kier alpha value is -3.30. The lowest BCUT2D eigenvalue weighted by atomic mass is 9.91. The Morgan fingerprint density at radius 2 is 1.79 bits per heavy atom. The van der Waals surface area contributed by atoms with Crippen LogP contribution in [0, 0.1) is 13.8 Å². The van der Waals surface area contributed by atoms with E-state index in [0.717, 1.165) is 73.8 Å². The van der Waals surface area contributed by atoms with Crippen LogP contribution in [0.3, 0.4) is 0 Å². The fraction of sp³-hybridized carbons (Fsp3) is 0.364. The number of halogens is 1. The summed E-state index contributed by atoms with van der Waals surface area (Å²) >= 11 is 7.82. The van der Waals surface area contributed by atoms with Crippen molar-refractivity contribution < 1.29 is 14.6 Å². The number of thiazole rings is 1. The van der Waals surface area contributed by atoms with Crippen molar-refractivity contribution in [2.24, 2.45) is 0 Å². The SMILES string of the molecule is Cc1cc2nc(-c3ccc4nc(C)n([C@@H]5CCN(C)C5)c4c3)sc2c(-c2ccc(Cl)cc2)c1[C@H](OC(C)(C)C)C(=O)O. The van der Waals surface area contributed by atoms with Crippen LogP contribution in [0.25, 0.3) is 42.9 Å². The lowest BCUT2D eigenvalue weighted by molar-refractivity contribution is -0.160. The molecule has 1 saturated heterocycles. The molecule has 42 heavy (non-hydrogen) atoms. The molecular formula is C33H35ClN4O3S. The summed E-state index contributed by atoms with van der Waals surface area (Å²) in [7, 11) is 2.16. The van der Waals surface area contributed by atoms with Gasteiger partial charge < -0.3 is 19.3 Å². The fourth-order valence-electron chi connectivity index (χ4n) is 6.09. The van der Waals surface area contributed by atoms with E-state index in [-0.39, 0.29) is 0 Å². The van der Waals surface area contributed by atoms with Crippen molar-refractivity contribution in [1.29, 1.82) is 0 Å². The van der Waals surface area contributed by atoms with Gasteiger partial charge in [0.2, 0.25) is 0 Å². The van der Waals surface area contributed by atoms with Crippen molar-refractivity contribution in [1.82, 2.24) is 19.4 Å². The summed E-state index contributed by atoms with van der Waals surface area (Å²) in [6.45, 7) is 11.7. The van der Waals surface area contributed by atoms with Gasteiger partial charge >= 0.3 is 5.97 Å². The van der Waals surface area contributed by atoms with Crippen molar-refractivity contribution in [3.63, 3.8) is 0 Å². The molecule has 2 atom stereocenters. The Morgan fingerprint density at radius 3 is 2.43 bits per heavy atom.